The molecule has 2 rings (SSSR count). The first-order chi connectivity index (χ1) is 8.91. The average Bonchev–Trinajstić information content (AvgIpc) is 2.39. The largest absolute Gasteiger partial charge is 0.203 e. The summed E-state index contributed by atoms with van der Waals surface area (Å²) in [6.07, 6.45) is -0.354. The van der Waals surface area contributed by atoms with Gasteiger partial charge in [0.05, 0.1) is 0 Å². The van der Waals surface area contributed by atoms with E-state index in [9.17, 15) is 22.0 Å². The van der Waals surface area contributed by atoms with Crippen LogP contribution in [-0.2, 0) is 6.42 Å². The molecular formula is C14H9F5. The predicted octanol–water partition coefficient (Wildman–Crippen LogP) is 4.28. The Balaban J connectivity index is 2.52. The number of hydrogen-bond acceptors (Lipinski definition) is 0. The third-order valence-electron chi connectivity index (χ3n) is 2.76. The highest BCUT2D eigenvalue weighted by atomic mass is 19.2. The van der Waals surface area contributed by atoms with E-state index >= 15 is 0 Å². The van der Waals surface area contributed by atoms with Crippen LogP contribution in [0.25, 0.3) is 0 Å². The minimum Gasteiger partial charge on any atom is -0.203 e. The van der Waals surface area contributed by atoms with E-state index in [1.165, 1.54) is 0 Å². The zero-order valence-corrected chi connectivity index (χ0v) is 9.91. The molecule has 2 aromatic rings. The second kappa shape index (κ2) is 4.99. The van der Waals surface area contributed by atoms with Crippen molar-refractivity contribution in [3.05, 3.63) is 70.0 Å². The van der Waals surface area contributed by atoms with Gasteiger partial charge in [-0.1, -0.05) is 29.8 Å². The second-order valence-electron chi connectivity index (χ2n) is 4.21. The smallest absolute Gasteiger partial charge is 0.200 e. The van der Waals surface area contributed by atoms with Crippen LogP contribution in [0.5, 0.6) is 0 Å². The molecule has 0 spiro atoms. The van der Waals surface area contributed by atoms with Crippen LogP contribution >= 0.6 is 0 Å². The summed E-state index contributed by atoms with van der Waals surface area (Å²) < 4.78 is 65.9. The monoisotopic (exact) mass is 272 g/mol. The summed E-state index contributed by atoms with van der Waals surface area (Å²) >= 11 is 0. The Hall–Kier alpha value is -1.91. The molecule has 0 heterocycles. The van der Waals surface area contributed by atoms with Crippen LogP contribution in [0.2, 0.25) is 0 Å². The molecule has 0 bridgehead atoms. The van der Waals surface area contributed by atoms with Crippen LogP contribution < -0.4 is 0 Å². The molecule has 0 aromatic heterocycles. The molecule has 0 aliphatic heterocycles. The lowest BCUT2D eigenvalue weighted by Crippen LogP contribution is -2.07. The van der Waals surface area contributed by atoms with Crippen molar-refractivity contribution < 1.29 is 22.0 Å². The summed E-state index contributed by atoms with van der Waals surface area (Å²) in [5, 5.41) is 0. The second-order valence-corrected chi connectivity index (χ2v) is 4.21. The van der Waals surface area contributed by atoms with E-state index in [4.69, 9.17) is 0 Å². The fourth-order valence-electron chi connectivity index (χ4n) is 1.83. The first-order valence-electron chi connectivity index (χ1n) is 5.47. The van der Waals surface area contributed by atoms with E-state index in [2.05, 4.69) is 0 Å². The zero-order valence-electron chi connectivity index (χ0n) is 9.91. The standard InChI is InChI=1S/C14H9F5/c1-7-3-2-4-8(5-7)6-9-10(15)12(17)14(19)13(18)11(9)16/h2-5H,6H2,1H3. The van der Waals surface area contributed by atoms with Crippen LogP contribution in [0.3, 0.4) is 0 Å². The normalized spacial score (nSPS) is 10.8. The van der Waals surface area contributed by atoms with Gasteiger partial charge in [-0.25, -0.2) is 22.0 Å². The lowest BCUT2D eigenvalue weighted by Gasteiger charge is -2.08. The van der Waals surface area contributed by atoms with E-state index in [1.807, 2.05) is 0 Å². The number of aryl methyl sites for hydroxylation is 1. The van der Waals surface area contributed by atoms with Crippen molar-refractivity contribution in [2.45, 2.75) is 13.3 Å². The number of hydrogen-bond donors (Lipinski definition) is 0. The summed E-state index contributed by atoms with van der Waals surface area (Å²) in [5.74, 6) is -9.53. The Morgan fingerprint density at radius 1 is 0.789 bits per heavy atom. The number of benzene rings is 2. The van der Waals surface area contributed by atoms with E-state index in [0.29, 0.717) is 5.56 Å². The van der Waals surface area contributed by atoms with E-state index < -0.39 is 34.6 Å². The predicted molar refractivity (Wildman–Crippen MR) is 60.2 cm³/mol. The Labute approximate surface area is 106 Å². The molecule has 0 atom stereocenters. The first-order valence-corrected chi connectivity index (χ1v) is 5.47. The molecule has 0 aliphatic rings. The van der Waals surface area contributed by atoms with Gasteiger partial charge in [-0.15, -0.1) is 0 Å². The molecule has 2 aromatic carbocycles. The maximum Gasteiger partial charge on any atom is 0.200 e. The molecule has 0 radical (unpaired) electrons. The van der Waals surface area contributed by atoms with Gasteiger partial charge in [-0.3, -0.25) is 0 Å². The van der Waals surface area contributed by atoms with Crippen molar-refractivity contribution >= 4 is 0 Å². The van der Waals surface area contributed by atoms with Crippen molar-refractivity contribution in [1.29, 1.82) is 0 Å². The molecule has 0 amide bonds. The highest BCUT2D eigenvalue weighted by Gasteiger charge is 2.25. The fraction of sp³-hybridized carbons (Fsp3) is 0.143. The third-order valence-corrected chi connectivity index (χ3v) is 2.76. The van der Waals surface area contributed by atoms with E-state index in [1.54, 1.807) is 31.2 Å². The lowest BCUT2D eigenvalue weighted by molar-refractivity contribution is 0.371. The van der Waals surface area contributed by atoms with Crippen molar-refractivity contribution in [2.75, 3.05) is 0 Å². The molecule has 19 heavy (non-hydrogen) atoms. The van der Waals surface area contributed by atoms with Crippen molar-refractivity contribution in [3.63, 3.8) is 0 Å². The maximum atomic E-state index is 13.5. The van der Waals surface area contributed by atoms with E-state index in [0.717, 1.165) is 5.56 Å². The van der Waals surface area contributed by atoms with Gasteiger partial charge in [0.1, 0.15) is 0 Å². The van der Waals surface area contributed by atoms with Crippen LogP contribution in [0.4, 0.5) is 22.0 Å². The van der Waals surface area contributed by atoms with Crippen molar-refractivity contribution in [2.24, 2.45) is 0 Å². The highest BCUT2D eigenvalue weighted by Crippen LogP contribution is 2.25. The lowest BCUT2D eigenvalue weighted by atomic mass is 10.0. The van der Waals surface area contributed by atoms with Gasteiger partial charge in [0.2, 0.25) is 5.82 Å². The summed E-state index contributed by atoms with van der Waals surface area (Å²) in [4.78, 5) is 0. The molecule has 5 heteroatoms. The minimum absolute atomic E-state index is 0.354. The van der Waals surface area contributed by atoms with Crippen molar-refractivity contribution in [3.8, 4) is 0 Å². The zero-order chi connectivity index (χ0) is 14.2. The van der Waals surface area contributed by atoms with Crippen LogP contribution in [-0.4, -0.2) is 0 Å². The summed E-state index contributed by atoms with van der Waals surface area (Å²) in [5.41, 5.74) is 0.492. The number of rotatable bonds is 2. The van der Waals surface area contributed by atoms with Crippen LogP contribution in [0.15, 0.2) is 24.3 Å². The van der Waals surface area contributed by atoms with Gasteiger partial charge < -0.3 is 0 Å². The maximum absolute atomic E-state index is 13.5. The highest BCUT2D eigenvalue weighted by molar-refractivity contribution is 5.32. The number of halogens is 5. The minimum atomic E-state index is -2.14. The molecule has 0 unspecified atom stereocenters. The van der Waals surface area contributed by atoms with Gasteiger partial charge in [0.25, 0.3) is 0 Å². The van der Waals surface area contributed by atoms with Gasteiger partial charge >= 0.3 is 0 Å². The molecule has 100 valence electrons. The van der Waals surface area contributed by atoms with Crippen LogP contribution in [0, 0.1) is 36.0 Å². The Morgan fingerprint density at radius 2 is 1.32 bits per heavy atom. The molecule has 0 saturated heterocycles. The van der Waals surface area contributed by atoms with Gasteiger partial charge in [-0.2, -0.15) is 0 Å². The fourth-order valence-corrected chi connectivity index (χ4v) is 1.83. The Kier molecular flexibility index (Phi) is 3.55. The summed E-state index contributed by atoms with van der Waals surface area (Å²) in [7, 11) is 0. The molecule has 0 fully saturated rings. The topological polar surface area (TPSA) is 0 Å². The SMILES string of the molecule is Cc1cccc(Cc2c(F)c(F)c(F)c(F)c2F)c1. The molecule has 0 saturated carbocycles. The first kappa shape index (κ1) is 13.5. The Bertz CT molecular complexity index is 605. The van der Waals surface area contributed by atoms with Gasteiger partial charge in [0, 0.05) is 12.0 Å². The molecule has 0 nitrogen and oxygen atoms in total. The van der Waals surface area contributed by atoms with Crippen LogP contribution in [0.1, 0.15) is 16.7 Å². The van der Waals surface area contributed by atoms with E-state index in [-0.39, 0.29) is 6.42 Å². The van der Waals surface area contributed by atoms with Gasteiger partial charge in [0.15, 0.2) is 23.3 Å². The molecule has 0 N–H and O–H groups in total. The van der Waals surface area contributed by atoms with Gasteiger partial charge in [-0.05, 0) is 12.5 Å². The van der Waals surface area contributed by atoms with Crippen molar-refractivity contribution in [1.82, 2.24) is 0 Å². The Morgan fingerprint density at radius 3 is 1.84 bits per heavy atom. The summed E-state index contributed by atoms with van der Waals surface area (Å²) in [6, 6.07) is 6.60. The molecular weight excluding hydrogens is 263 g/mol. The molecule has 0 aliphatic carbocycles. The third kappa shape index (κ3) is 2.45. The average molecular weight is 272 g/mol. The summed E-state index contributed by atoms with van der Waals surface area (Å²) in [6.45, 7) is 1.77. The quantitative estimate of drug-likeness (QED) is 0.435.